The van der Waals surface area contributed by atoms with Crippen molar-refractivity contribution in [2.75, 3.05) is 6.54 Å². The molecule has 0 amide bonds. The molecule has 0 bridgehead atoms. The molecule has 3 heteroatoms. The van der Waals surface area contributed by atoms with Gasteiger partial charge in [0.2, 0.25) is 0 Å². The average molecular weight is 215 g/mol. The van der Waals surface area contributed by atoms with Gasteiger partial charge in [-0.05, 0) is 24.0 Å². The molecule has 1 heterocycles. The van der Waals surface area contributed by atoms with Crippen LogP contribution in [-0.2, 0) is 6.54 Å². The van der Waals surface area contributed by atoms with Crippen LogP contribution in [0.3, 0.4) is 0 Å². The molecule has 3 nitrogen and oxygen atoms in total. The van der Waals surface area contributed by atoms with Crippen LogP contribution in [-0.4, -0.2) is 12.8 Å². The Bertz CT molecular complexity index is 396. The molecular formula is C13H17N3. The third-order valence-electron chi connectivity index (χ3n) is 2.91. The molecule has 4 N–H and O–H groups in total. The number of nitrogens with two attached hydrogens (primary N) is 1. The molecule has 1 saturated heterocycles. The smallest absolute Gasteiger partial charge is 0.0273 e. The van der Waals surface area contributed by atoms with Crippen LogP contribution in [0, 0.1) is 5.41 Å². The molecule has 1 aliphatic rings. The predicted molar refractivity (Wildman–Crippen MR) is 67.3 cm³/mol. The topological polar surface area (TPSA) is 61.9 Å². The van der Waals surface area contributed by atoms with E-state index in [4.69, 9.17) is 11.1 Å². The lowest BCUT2D eigenvalue weighted by Crippen LogP contribution is -2.07. The molecule has 0 aliphatic carbocycles. The minimum absolute atomic E-state index is 0.565. The van der Waals surface area contributed by atoms with E-state index < -0.39 is 0 Å². The van der Waals surface area contributed by atoms with Crippen LogP contribution in [0.15, 0.2) is 30.0 Å². The van der Waals surface area contributed by atoms with Gasteiger partial charge in [0.05, 0.1) is 0 Å². The number of nitrogens with one attached hydrogen (secondary N) is 2. The van der Waals surface area contributed by atoms with Crippen LogP contribution in [0.5, 0.6) is 0 Å². The number of allylic oxidation sites excluding steroid dienone is 2. The summed E-state index contributed by atoms with van der Waals surface area (Å²) in [5.74, 6) is 0. The fraction of sp³-hybridized carbons (Fsp3) is 0.308. The summed E-state index contributed by atoms with van der Waals surface area (Å²) >= 11 is 0. The van der Waals surface area contributed by atoms with Crippen molar-refractivity contribution < 1.29 is 0 Å². The lowest BCUT2D eigenvalue weighted by Gasteiger charge is -2.08. The highest BCUT2D eigenvalue weighted by Crippen LogP contribution is 2.21. The zero-order valence-corrected chi connectivity index (χ0v) is 9.29. The molecule has 16 heavy (non-hydrogen) atoms. The second-order valence-electron chi connectivity index (χ2n) is 3.97. The van der Waals surface area contributed by atoms with E-state index in [2.05, 4.69) is 5.32 Å². The van der Waals surface area contributed by atoms with Crippen LogP contribution in [0.25, 0.3) is 5.57 Å². The molecule has 0 aromatic heterocycles. The minimum atomic E-state index is 0.565. The molecule has 1 fully saturated rings. The minimum Gasteiger partial charge on any atom is -0.388 e. The average Bonchev–Trinajstić information content (AvgIpc) is 2.85. The first-order chi connectivity index (χ1) is 7.85. The van der Waals surface area contributed by atoms with Crippen molar-refractivity contribution in [3.63, 3.8) is 0 Å². The maximum atomic E-state index is 7.51. The first-order valence-electron chi connectivity index (χ1n) is 5.62. The number of benzene rings is 1. The molecule has 0 atom stereocenters. The van der Waals surface area contributed by atoms with Gasteiger partial charge in [-0.25, -0.2) is 0 Å². The quantitative estimate of drug-likeness (QED) is 0.674. The lowest BCUT2D eigenvalue weighted by molar-refractivity contribution is 0.904. The van der Waals surface area contributed by atoms with Gasteiger partial charge in [0.15, 0.2) is 0 Å². The van der Waals surface area contributed by atoms with E-state index in [9.17, 15) is 0 Å². The summed E-state index contributed by atoms with van der Waals surface area (Å²) in [6, 6.07) is 8.12. The van der Waals surface area contributed by atoms with E-state index >= 15 is 0 Å². The largest absolute Gasteiger partial charge is 0.388 e. The summed E-state index contributed by atoms with van der Waals surface area (Å²) in [7, 11) is 0. The molecule has 1 aromatic carbocycles. The van der Waals surface area contributed by atoms with Crippen molar-refractivity contribution in [2.45, 2.75) is 19.4 Å². The zero-order chi connectivity index (χ0) is 11.4. The molecule has 84 valence electrons. The third kappa shape index (κ3) is 2.14. The van der Waals surface area contributed by atoms with E-state index in [1.165, 1.54) is 11.9 Å². The van der Waals surface area contributed by atoms with Crippen LogP contribution >= 0.6 is 0 Å². The highest BCUT2D eigenvalue weighted by Gasteiger charge is 2.11. The molecule has 2 rings (SSSR count). The fourth-order valence-electron chi connectivity index (χ4n) is 1.99. The van der Waals surface area contributed by atoms with Crippen LogP contribution < -0.4 is 11.1 Å². The van der Waals surface area contributed by atoms with E-state index in [1.807, 2.05) is 24.3 Å². The Hall–Kier alpha value is -1.61. The van der Waals surface area contributed by atoms with Gasteiger partial charge in [0, 0.05) is 30.6 Å². The number of rotatable bonds is 3. The standard InChI is InChI=1S/C13H17N3/c14-8-10-3-5-11(6-4-10)12(9-15)13-2-1-7-16-13/h3-6,9,15-16H,1-2,7-8,14H2/b13-12+,15-9?. The first-order valence-corrected chi connectivity index (χ1v) is 5.62. The van der Waals surface area contributed by atoms with Crippen LogP contribution in [0.4, 0.5) is 0 Å². The SMILES string of the molecule is N=C/C(=C1/CCCN1)c1ccc(CN)cc1. The van der Waals surface area contributed by atoms with Gasteiger partial charge >= 0.3 is 0 Å². The Morgan fingerprint density at radius 2 is 2.12 bits per heavy atom. The van der Waals surface area contributed by atoms with Gasteiger partial charge in [-0.1, -0.05) is 24.3 Å². The van der Waals surface area contributed by atoms with E-state index in [0.717, 1.165) is 36.1 Å². The van der Waals surface area contributed by atoms with Gasteiger partial charge in [-0.15, -0.1) is 0 Å². The molecule has 1 aliphatic heterocycles. The van der Waals surface area contributed by atoms with Crippen molar-refractivity contribution in [2.24, 2.45) is 5.73 Å². The number of hydrogen-bond acceptors (Lipinski definition) is 3. The first kappa shape index (κ1) is 10.9. The highest BCUT2D eigenvalue weighted by molar-refractivity contribution is 6.09. The van der Waals surface area contributed by atoms with Crippen molar-refractivity contribution in [1.82, 2.24) is 5.32 Å². The van der Waals surface area contributed by atoms with Gasteiger partial charge in [-0.2, -0.15) is 0 Å². The summed E-state index contributed by atoms with van der Waals surface area (Å²) in [4.78, 5) is 0. The van der Waals surface area contributed by atoms with Gasteiger partial charge in [0.25, 0.3) is 0 Å². The maximum Gasteiger partial charge on any atom is 0.0273 e. The Morgan fingerprint density at radius 3 is 2.62 bits per heavy atom. The van der Waals surface area contributed by atoms with Gasteiger partial charge in [-0.3, -0.25) is 0 Å². The van der Waals surface area contributed by atoms with E-state index in [-0.39, 0.29) is 0 Å². The van der Waals surface area contributed by atoms with E-state index in [1.54, 1.807) is 0 Å². The summed E-state index contributed by atoms with van der Waals surface area (Å²) in [5, 5.41) is 10.9. The second kappa shape index (κ2) is 4.94. The van der Waals surface area contributed by atoms with Crippen molar-refractivity contribution in [3.8, 4) is 0 Å². The summed E-state index contributed by atoms with van der Waals surface area (Å²) < 4.78 is 0. The monoisotopic (exact) mass is 215 g/mol. The van der Waals surface area contributed by atoms with Crippen LogP contribution in [0.1, 0.15) is 24.0 Å². The summed E-state index contributed by atoms with van der Waals surface area (Å²) in [6.45, 7) is 1.59. The van der Waals surface area contributed by atoms with Gasteiger partial charge in [0.1, 0.15) is 0 Å². The fourth-order valence-corrected chi connectivity index (χ4v) is 1.99. The van der Waals surface area contributed by atoms with E-state index in [0.29, 0.717) is 6.54 Å². The summed E-state index contributed by atoms with van der Waals surface area (Å²) in [5.41, 5.74) is 9.97. The Balaban J connectivity index is 2.33. The Morgan fingerprint density at radius 1 is 1.38 bits per heavy atom. The molecule has 1 aromatic rings. The molecule has 0 spiro atoms. The molecule has 0 saturated carbocycles. The molecule has 0 unspecified atom stereocenters. The predicted octanol–water partition coefficient (Wildman–Crippen LogP) is 1.89. The van der Waals surface area contributed by atoms with Crippen molar-refractivity contribution in [1.29, 1.82) is 5.41 Å². The maximum absolute atomic E-state index is 7.51. The van der Waals surface area contributed by atoms with Gasteiger partial charge < -0.3 is 16.5 Å². The third-order valence-corrected chi connectivity index (χ3v) is 2.91. The Kier molecular flexibility index (Phi) is 3.37. The molecular weight excluding hydrogens is 198 g/mol. The van der Waals surface area contributed by atoms with Crippen molar-refractivity contribution in [3.05, 3.63) is 41.1 Å². The Labute approximate surface area is 95.9 Å². The summed E-state index contributed by atoms with van der Waals surface area (Å²) in [6.07, 6.45) is 3.64. The second-order valence-corrected chi connectivity index (χ2v) is 3.97. The van der Waals surface area contributed by atoms with Crippen molar-refractivity contribution >= 4 is 11.8 Å². The lowest BCUT2D eigenvalue weighted by atomic mass is 10.0. The zero-order valence-electron chi connectivity index (χ0n) is 9.29. The molecule has 0 radical (unpaired) electrons. The normalized spacial score (nSPS) is 18.1. The number of hydrogen-bond donors (Lipinski definition) is 3. The van der Waals surface area contributed by atoms with Crippen LogP contribution in [0.2, 0.25) is 0 Å². The highest BCUT2D eigenvalue weighted by atomic mass is 14.9.